The van der Waals surface area contributed by atoms with E-state index in [4.69, 9.17) is 9.29 Å². The van der Waals surface area contributed by atoms with Crippen LogP contribution in [0.4, 0.5) is 0 Å². The van der Waals surface area contributed by atoms with E-state index in [1.54, 1.807) is 0 Å². The van der Waals surface area contributed by atoms with Gasteiger partial charge in [0.05, 0.1) is 0 Å². The molecule has 0 amide bonds. The zero-order valence-electron chi connectivity index (χ0n) is 23.2. The molecular formula is C29H59KO5S. The molecule has 0 fully saturated rings. The Labute approximate surface area is 267 Å². The van der Waals surface area contributed by atoms with Gasteiger partial charge in [0.25, 0.3) is 10.1 Å². The van der Waals surface area contributed by atoms with Crippen LogP contribution in [0.1, 0.15) is 168 Å². The van der Waals surface area contributed by atoms with Gasteiger partial charge in [-0.1, -0.05) is 148 Å². The Morgan fingerprint density at radius 3 is 1.14 bits per heavy atom. The van der Waals surface area contributed by atoms with E-state index in [9.17, 15) is 13.2 Å². The molecule has 0 aromatic heterocycles. The SMILES string of the molecule is CCCCCCCCCCCCCCCCCCCCCCCCCC(CS(=O)(=O)O)OC(C)=O.[KH]. The molecule has 1 N–H and O–H groups in total. The van der Waals surface area contributed by atoms with Crippen LogP contribution in [0.3, 0.4) is 0 Å². The van der Waals surface area contributed by atoms with E-state index in [0.717, 1.165) is 19.3 Å². The Kier molecular flexibility index (Phi) is 31.6. The van der Waals surface area contributed by atoms with Gasteiger partial charge >= 0.3 is 57.4 Å². The second-order valence-corrected chi connectivity index (χ2v) is 12.0. The first kappa shape index (κ1) is 39.2. The van der Waals surface area contributed by atoms with Crippen LogP contribution < -0.4 is 0 Å². The molecule has 1 atom stereocenters. The quantitative estimate of drug-likeness (QED) is 0.0473. The van der Waals surface area contributed by atoms with Gasteiger partial charge < -0.3 is 4.74 Å². The fourth-order valence-electron chi connectivity index (χ4n) is 4.80. The van der Waals surface area contributed by atoms with Gasteiger partial charge in [0.15, 0.2) is 0 Å². The van der Waals surface area contributed by atoms with E-state index in [2.05, 4.69) is 6.92 Å². The van der Waals surface area contributed by atoms with Crippen LogP contribution in [0.2, 0.25) is 0 Å². The average Bonchev–Trinajstić information content (AvgIpc) is 2.78. The van der Waals surface area contributed by atoms with Crippen molar-refractivity contribution in [3.63, 3.8) is 0 Å². The van der Waals surface area contributed by atoms with E-state index in [-0.39, 0.29) is 51.4 Å². The van der Waals surface area contributed by atoms with Crippen molar-refractivity contribution in [2.75, 3.05) is 5.75 Å². The number of esters is 1. The molecule has 0 aromatic rings. The first-order chi connectivity index (χ1) is 16.8. The summed E-state index contributed by atoms with van der Waals surface area (Å²) >= 11 is 0. The second kappa shape index (κ2) is 29.0. The van der Waals surface area contributed by atoms with Gasteiger partial charge in [-0.05, 0) is 12.8 Å². The van der Waals surface area contributed by atoms with Crippen molar-refractivity contribution in [3.05, 3.63) is 0 Å². The number of hydrogen-bond acceptors (Lipinski definition) is 4. The summed E-state index contributed by atoms with van der Waals surface area (Å²) in [5.41, 5.74) is 0. The maximum absolute atomic E-state index is 11.1. The monoisotopic (exact) mass is 558 g/mol. The van der Waals surface area contributed by atoms with E-state index < -0.39 is 27.9 Å². The standard InChI is InChI=1S/C29H58O5S.K.H/c1-3-4-5-6-7-8-9-10-11-12-13-14-15-16-17-18-19-20-21-22-23-24-25-26-29(34-28(2)30)27-35(31,32)33;;/h29H,3-27H2,1-2H3,(H,31,32,33);;. The molecule has 0 bridgehead atoms. The first-order valence-corrected chi connectivity index (χ1v) is 16.6. The number of ether oxygens (including phenoxy) is 1. The van der Waals surface area contributed by atoms with Gasteiger partial charge in [-0.15, -0.1) is 0 Å². The Hall–Kier alpha value is 1.02. The fourth-order valence-corrected chi connectivity index (χ4v) is 5.51. The molecule has 0 heterocycles. The topological polar surface area (TPSA) is 80.7 Å². The van der Waals surface area contributed by atoms with Crippen molar-refractivity contribution in [3.8, 4) is 0 Å². The second-order valence-electron chi connectivity index (χ2n) is 10.5. The summed E-state index contributed by atoms with van der Waals surface area (Å²) < 4.78 is 36.0. The van der Waals surface area contributed by atoms with Gasteiger partial charge in [-0.3, -0.25) is 9.35 Å². The average molecular weight is 559 g/mol. The predicted molar refractivity (Wildman–Crippen MR) is 156 cm³/mol. The molecule has 36 heavy (non-hydrogen) atoms. The Morgan fingerprint density at radius 2 is 0.889 bits per heavy atom. The molecular weight excluding hydrogens is 499 g/mol. The molecule has 0 aromatic carbocycles. The molecule has 0 aliphatic rings. The molecule has 0 saturated carbocycles. The van der Waals surface area contributed by atoms with Crippen LogP contribution in [-0.2, 0) is 19.6 Å². The van der Waals surface area contributed by atoms with Gasteiger partial charge in [0.2, 0.25) is 0 Å². The van der Waals surface area contributed by atoms with Crippen molar-refractivity contribution in [1.82, 2.24) is 0 Å². The van der Waals surface area contributed by atoms with Crippen LogP contribution in [0.15, 0.2) is 0 Å². The third kappa shape index (κ3) is 33.0. The number of unbranched alkanes of at least 4 members (excludes halogenated alkanes) is 22. The number of hydrogen-bond donors (Lipinski definition) is 1. The van der Waals surface area contributed by atoms with Crippen LogP contribution in [0.25, 0.3) is 0 Å². The minimum atomic E-state index is -4.12. The molecule has 1 unspecified atom stereocenters. The van der Waals surface area contributed by atoms with E-state index in [1.165, 1.54) is 135 Å². The minimum absolute atomic E-state index is 0. The third-order valence-corrected chi connectivity index (χ3v) is 7.65. The summed E-state index contributed by atoms with van der Waals surface area (Å²) in [6, 6.07) is 0. The molecule has 0 rings (SSSR count). The van der Waals surface area contributed by atoms with E-state index >= 15 is 0 Å². The molecule has 7 heteroatoms. The molecule has 212 valence electrons. The third-order valence-electron chi connectivity index (χ3n) is 6.86. The van der Waals surface area contributed by atoms with Crippen LogP contribution >= 0.6 is 0 Å². The summed E-state index contributed by atoms with van der Waals surface area (Å²) in [4.78, 5) is 11.1. The molecule has 0 spiro atoms. The summed E-state index contributed by atoms with van der Waals surface area (Å²) in [6.07, 6.45) is 30.4. The zero-order chi connectivity index (χ0) is 26.0. The summed E-state index contributed by atoms with van der Waals surface area (Å²) in [6.45, 7) is 3.54. The molecule has 0 aliphatic carbocycles. The van der Waals surface area contributed by atoms with Crippen molar-refractivity contribution in [1.29, 1.82) is 0 Å². The van der Waals surface area contributed by atoms with E-state index in [1.807, 2.05) is 0 Å². The first-order valence-electron chi connectivity index (χ1n) is 15.0. The zero-order valence-corrected chi connectivity index (χ0v) is 24.1. The normalized spacial score (nSPS) is 12.3. The van der Waals surface area contributed by atoms with E-state index in [0.29, 0.717) is 6.42 Å². The van der Waals surface area contributed by atoms with Gasteiger partial charge in [-0.25, -0.2) is 0 Å². The van der Waals surface area contributed by atoms with Crippen molar-refractivity contribution < 1.29 is 22.5 Å². The predicted octanol–water partition coefficient (Wildman–Crippen LogP) is 8.54. The maximum atomic E-state index is 11.1. The molecule has 0 saturated heterocycles. The van der Waals surface area contributed by atoms with Gasteiger partial charge in [0.1, 0.15) is 11.9 Å². The van der Waals surface area contributed by atoms with Crippen molar-refractivity contribution >= 4 is 67.5 Å². The fraction of sp³-hybridized carbons (Fsp3) is 0.966. The van der Waals surface area contributed by atoms with Crippen LogP contribution in [0, 0.1) is 0 Å². The van der Waals surface area contributed by atoms with Crippen LogP contribution in [-0.4, -0.2) is 82.2 Å². The number of carbonyl (C=O) groups excluding carboxylic acids is 1. The van der Waals surface area contributed by atoms with Gasteiger partial charge in [-0.2, -0.15) is 8.42 Å². The Morgan fingerprint density at radius 1 is 0.611 bits per heavy atom. The molecule has 0 radical (unpaired) electrons. The number of carbonyl (C=O) groups is 1. The summed E-state index contributed by atoms with van der Waals surface area (Å²) in [5, 5.41) is 0. The molecule has 0 aliphatic heterocycles. The van der Waals surface area contributed by atoms with Crippen molar-refractivity contribution in [2.24, 2.45) is 0 Å². The molecule has 5 nitrogen and oxygen atoms in total. The Bertz CT molecular complexity index is 568. The van der Waals surface area contributed by atoms with Crippen LogP contribution in [0.5, 0.6) is 0 Å². The van der Waals surface area contributed by atoms with Crippen molar-refractivity contribution in [2.45, 2.75) is 174 Å². The Balaban J connectivity index is 0. The number of rotatable bonds is 27. The summed E-state index contributed by atoms with van der Waals surface area (Å²) in [5.74, 6) is -1.01. The summed E-state index contributed by atoms with van der Waals surface area (Å²) in [7, 11) is -4.12. The van der Waals surface area contributed by atoms with Gasteiger partial charge in [0, 0.05) is 6.92 Å².